The van der Waals surface area contributed by atoms with Gasteiger partial charge in [0, 0.05) is 19.1 Å². The Morgan fingerprint density at radius 3 is 2.60 bits per heavy atom. The van der Waals surface area contributed by atoms with E-state index in [9.17, 15) is 4.79 Å². The molecule has 1 N–H and O–H groups in total. The highest BCUT2D eigenvalue weighted by Crippen LogP contribution is 2.31. The van der Waals surface area contributed by atoms with Gasteiger partial charge in [-0.2, -0.15) is 4.98 Å². The predicted molar refractivity (Wildman–Crippen MR) is 91.0 cm³/mol. The van der Waals surface area contributed by atoms with E-state index in [0.717, 1.165) is 32.1 Å². The standard InChI is InChI=1S/C18H29N3O4/c1-4-13-5-6-14(24-13)17(22)19-15(12-7-9-23-10-8-12)18-20-16(11(2)3)21-25-18/h11-15H,4-10H2,1-3H3,(H,19,22)/t13-,14-,15+/m1/s1. The van der Waals surface area contributed by atoms with Crippen molar-refractivity contribution in [2.75, 3.05) is 13.2 Å². The number of nitrogens with one attached hydrogen (secondary N) is 1. The third-order valence-corrected chi connectivity index (χ3v) is 5.13. The second-order valence-electron chi connectivity index (χ2n) is 7.31. The van der Waals surface area contributed by atoms with Gasteiger partial charge in [-0.15, -0.1) is 0 Å². The summed E-state index contributed by atoms with van der Waals surface area (Å²) in [5.74, 6) is 1.52. The number of carbonyl (C=O) groups is 1. The van der Waals surface area contributed by atoms with Crippen molar-refractivity contribution in [2.24, 2.45) is 5.92 Å². The Morgan fingerprint density at radius 1 is 1.24 bits per heavy atom. The van der Waals surface area contributed by atoms with Gasteiger partial charge in [0.25, 0.3) is 0 Å². The number of rotatable bonds is 6. The lowest BCUT2D eigenvalue weighted by Crippen LogP contribution is -2.41. The van der Waals surface area contributed by atoms with E-state index in [1.54, 1.807) is 0 Å². The van der Waals surface area contributed by atoms with E-state index in [1.807, 2.05) is 13.8 Å². The second-order valence-corrected chi connectivity index (χ2v) is 7.31. The SMILES string of the molecule is CC[C@@H]1CC[C@H](C(=O)N[C@H](c2nc(C(C)C)no2)C2CCOCC2)O1. The van der Waals surface area contributed by atoms with E-state index in [1.165, 1.54) is 0 Å². The van der Waals surface area contributed by atoms with Gasteiger partial charge in [0.05, 0.1) is 6.10 Å². The number of hydrogen-bond donors (Lipinski definition) is 1. The zero-order valence-corrected chi connectivity index (χ0v) is 15.4. The first-order valence-electron chi connectivity index (χ1n) is 9.45. The van der Waals surface area contributed by atoms with Crippen LogP contribution in [0, 0.1) is 5.92 Å². The fourth-order valence-corrected chi connectivity index (χ4v) is 3.48. The molecule has 0 unspecified atom stereocenters. The van der Waals surface area contributed by atoms with Gasteiger partial charge in [0.1, 0.15) is 12.1 Å². The van der Waals surface area contributed by atoms with Crippen LogP contribution >= 0.6 is 0 Å². The lowest BCUT2D eigenvalue weighted by atomic mass is 9.91. The molecule has 3 heterocycles. The Morgan fingerprint density at radius 2 is 2.00 bits per heavy atom. The van der Waals surface area contributed by atoms with Gasteiger partial charge in [-0.25, -0.2) is 0 Å². The number of aromatic nitrogens is 2. The minimum absolute atomic E-state index is 0.0725. The maximum atomic E-state index is 12.7. The molecule has 7 nitrogen and oxygen atoms in total. The van der Waals surface area contributed by atoms with Crippen molar-refractivity contribution in [2.45, 2.75) is 77.0 Å². The molecule has 1 amide bonds. The van der Waals surface area contributed by atoms with Gasteiger partial charge in [-0.05, 0) is 38.0 Å². The number of amides is 1. The third kappa shape index (κ3) is 4.39. The lowest BCUT2D eigenvalue weighted by molar-refractivity contribution is -0.133. The maximum absolute atomic E-state index is 12.7. The molecule has 3 atom stereocenters. The zero-order valence-electron chi connectivity index (χ0n) is 15.4. The molecule has 0 aromatic carbocycles. The van der Waals surface area contributed by atoms with Crippen molar-refractivity contribution in [3.63, 3.8) is 0 Å². The minimum atomic E-state index is -0.375. The molecule has 2 aliphatic rings. The molecule has 0 aliphatic carbocycles. The molecule has 2 fully saturated rings. The van der Waals surface area contributed by atoms with Crippen LogP contribution < -0.4 is 5.32 Å². The van der Waals surface area contributed by atoms with Crippen LogP contribution in [-0.2, 0) is 14.3 Å². The van der Waals surface area contributed by atoms with Crippen molar-refractivity contribution in [1.29, 1.82) is 0 Å². The smallest absolute Gasteiger partial charge is 0.249 e. The Balaban J connectivity index is 1.72. The molecule has 2 saturated heterocycles. The largest absolute Gasteiger partial charge is 0.381 e. The Bertz CT molecular complexity index is 568. The van der Waals surface area contributed by atoms with Gasteiger partial charge >= 0.3 is 0 Å². The quantitative estimate of drug-likeness (QED) is 0.848. The monoisotopic (exact) mass is 351 g/mol. The molecule has 0 radical (unpaired) electrons. The van der Waals surface area contributed by atoms with Crippen molar-refractivity contribution < 1.29 is 18.8 Å². The maximum Gasteiger partial charge on any atom is 0.249 e. The van der Waals surface area contributed by atoms with Crippen molar-refractivity contribution in [3.8, 4) is 0 Å². The molecule has 0 bridgehead atoms. The van der Waals surface area contributed by atoms with Crippen LogP contribution in [0.5, 0.6) is 0 Å². The van der Waals surface area contributed by atoms with E-state index in [2.05, 4.69) is 22.4 Å². The van der Waals surface area contributed by atoms with Gasteiger partial charge in [-0.1, -0.05) is 25.9 Å². The molecule has 0 spiro atoms. The van der Waals surface area contributed by atoms with Crippen LogP contribution in [0.1, 0.15) is 76.6 Å². The highest BCUT2D eigenvalue weighted by molar-refractivity contribution is 5.81. The highest BCUT2D eigenvalue weighted by atomic mass is 16.5. The molecule has 7 heteroatoms. The molecule has 2 aliphatic heterocycles. The van der Waals surface area contributed by atoms with Crippen LogP contribution in [0.4, 0.5) is 0 Å². The molecule has 0 saturated carbocycles. The summed E-state index contributed by atoms with van der Waals surface area (Å²) in [7, 11) is 0. The van der Waals surface area contributed by atoms with Crippen molar-refractivity contribution in [1.82, 2.24) is 15.5 Å². The average Bonchev–Trinajstić information content (AvgIpc) is 3.29. The van der Waals surface area contributed by atoms with E-state index in [0.29, 0.717) is 24.9 Å². The molecular formula is C18H29N3O4. The zero-order chi connectivity index (χ0) is 17.8. The van der Waals surface area contributed by atoms with E-state index in [-0.39, 0.29) is 36.0 Å². The third-order valence-electron chi connectivity index (χ3n) is 5.13. The number of carbonyl (C=O) groups excluding carboxylic acids is 1. The van der Waals surface area contributed by atoms with Crippen LogP contribution in [0.25, 0.3) is 0 Å². The Labute approximate surface area is 148 Å². The van der Waals surface area contributed by atoms with Gasteiger partial charge in [0.2, 0.25) is 11.8 Å². The normalized spacial score (nSPS) is 26.1. The summed E-state index contributed by atoms with van der Waals surface area (Å²) in [6, 6.07) is -0.277. The summed E-state index contributed by atoms with van der Waals surface area (Å²) in [5.41, 5.74) is 0. The van der Waals surface area contributed by atoms with Gasteiger partial charge < -0.3 is 19.3 Å². The summed E-state index contributed by atoms with van der Waals surface area (Å²) >= 11 is 0. The number of nitrogens with zero attached hydrogens (tertiary/aromatic N) is 2. The second kappa shape index (κ2) is 8.27. The lowest BCUT2D eigenvalue weighted by Gasteiger charge is -2.29. The molecule has 25 heavy (non-hydrogen) atoms. The first-order valence-corrected chi connectivity index (χ1v) is 9.45. The summed E-state index contributed by atoms with van der Waals surface area (Å²) < 4.78 is 16.8. The predicted octanol–water partition coefficient (Wildman–Crippen LogP) is 2.73. The minimum Gasteiger partial charge on any atom is -0.381 e. The summed E-state index contributed by atoms with van der Waals surface area (Å²) in [5, 5.41) is 7.19. The Kier molecular flexibility index (Phi) is 6.06. The summed E-state index contributed by atoms with van der Waals surface area (Å²) in [6.07, 6.45) is 4.20. The molecule has 1 aromatic heterocycles. The van der Waals surface area contributed by atoms with Crippen molar-refractivity contribution in [3.05, 3.63) is 11.7 Å². The number of hydrogen-bond acceptors (Lipinski definition) is 6. The van der Waals surface area contributed by atoms with Crippen LogP contribution in [0.15, 0.2) is 4.52 Å². The van der Waals surface area contributed by atoms with Crippen LogP contribution in [0.3, 0.4) is 0 Å². The first-order chi connectivity index (χ1) is 12.1. The van der Waals surface area contributed by atoms with E-state index < -0.39 is 0 Å². The molecule has 3 rings (SSSR count). The van der Waals surface area contributed by atoms with E-state index >= 15 is 0 Å². The summed E-state index contributed by atoms with van der Waals surface area (Å²) in [6.45, 7) is 7.52. The average molecular weight is 351 g/mol. The molecular weight excluding hydrogens is 322 g/mol. The van der Waals surface area contributed by atoms with Gasteiger partial charge in [-0.3, -0.25) is 4.79 Å². The highest BCUT2D eigenvalue weighted by Gasteiger charge is 2.36. The topological polar surface area (TPSA) is 86.5 Å². The molecule has 140 valence electrons. The Hall–Kier alpha value is -1.47. The van der Waals surface area contributed by atoms with E-state index in [4.69, 9.17) is 14.0 Å². The molecule has 1 aromatic rings. The first kappa shape index (κ1) is 18.3. The fraction of sp³-hybridized carbons (Fsp3) is 0.833. The number of ether oxygens (including phenoxy) is 2. The van der Waals surface area contributed by atoms with Crippen LogP contribution in [-0.4, -0.2) is 41.5 Å². The van der Waals surface area contributed by atoms with Crippen molar-refractivity contribution >= 4 is 5.91 Å². The summed E-state index contributed by atoms with van der Waals surface area (Å²) in [4.78, 5) is 17.2. The van der Waals surface area contributed by atoms with Crippen LogP contribution in [0.2, 0.25) is 0 Å². The fourth-order valence-electron chi connectivity index (χ4n) is 3.48. The van der Waals surface area contributed by atoms with Gasteiger partial charge in [0.15, 0.2) is 5.82 Å².